The topological polar surface area (TPSA) is 168 Å². The summed E-state index contributed by atoms with van der Waals surface area (Å²) in [7, 11) is 0. The zero-order chi connectivity index (χ0) is 28.3. The molecule has 208 valence electrons. The second-order valence-electron chi connectivity index (χ2n) is 8.08. The number of thiophene rings is 1. The van der Waals surface area contributed by atoms with Crippen LogP contribution in [0.5, 0.6) is 0 Å². The van der Waals surface area contributed by atoms with Crippen LogP contribution in [0.1, 0.15) is 10.9 Å². The minimum Gasteiger partial charge on any atom is -0.594 e. The molecule has 0 aromatic carbocycles. The molecule has 2 aromatic heterocycles. The number of β-lactam (4-membered cyclic amide) rings is 1. The first-order valence-electron chi connectivity index (χ1n) is 11.0. The maximum Gasteiger partial charge on any atom is 0.405 e. The van der Waals surface area contributed by atoms with Crippen molar-refractivity contribution in [2.24, 2.45) is 0 Å². The standard InChI is InChI=1S/C21H19F3N6O6S3/c22-21(23,24)9-25-20(35)27-13(11-3-2-6-37-11)16(31)26-14-17(32)30-15(19(33)34)10(8-39-18(14)30)7-38-12-4-1-5-29(36)28-12/h1-6,13-14,18H,7-9H2,(H,26,31)(H,33,34)(H2,25,27,35)/t13?,14-,18?/m0/s1. The van der Waals surface area contributed by atoms with Gasteiger partial charge < -0.3 is 26.3 Å². The molecule has 18 heteroatoms. The number of hydrogen-bond acceptors (Lipinski definition) is 9. The average Bonchev–Trinajstić information content (AvgIpc) is 3.41. The third kappa shape index (κ3) is 6.74. The maximum atomic E-state index is 13.1. The molecule has 1 saturated heterocycles. The number of carbonyl (C=O) groups excluding carboxylic acids is 3. The van der Waals surface area contributed by atoms with Crippen molar-refractivity contribution in [3.8, 4) is 0 Å². The van der Waals surface area contributed by atoms with Gasteiger partial charge in [-0.2, -0.15) is 13.2 Å². The highest BCUT2D eigenvalue weighted by Gasteiger charge is 2.54. The van der Waals surface area contributed by atoms with Crippen LogP contribution in [0.25, 0.3) is 0 Å². The van der Waals surface area contributed by atoms with E-state index in [0.717, 1.165) is 28.0 Å². The van der Waals surface area contributed by atoms with Gasteiger partial charge in [-0.1, -0.05) is 22.7 Å². The van der Waals surface area contributed by atoms with Crippen LogP contribution in [0.2, 0.25) is 0 Å². The van der Waals surface area contributed by atoms with Gasteiger partial charge in [-0.25, -0.2) is 9.59 Å². The number of aliphatic carboxylic acids is 1. The average molecular weight is 605 g/mol. The predicted molar refractivity (Wildman–Crippen MR) is 133 cm³/mol. The zero-order valence-corrected chi connectivity index (χ0v) is 22.0. The number of carbonyl (C=O) groups is 4. The second kappa shape index (κ2) is 11.7. The number of urea groups is 1. The van der Waals surface area contributed by atoms with E-state index in [1.54, 1.807) is 22.8 Å². The van der Waals surface area contributed by atoms with Gasteiger partial charge in [0.15, 0.2) is 5.03 Å². The number of hydrogen-bond donors (Lipinski definition) is 4. The number of rotatable bonds is 9. The zero-order valence-electron chi connectivity index (χ0n) is 19.5. The van der Waals surface area contributed by atoms with Crippen molar-refractivity contribution < 1.29 is 42.3 Å². The Bertz CT molecular complexity index is 1310. The van der Waals surface area contributed by atoms with Crippen LogP contribution in [0.15, 0.2) is 52.1 Å². The summed E-state index contributed by atoms with van der Waals surface area (Å²) in [5.74, 6) is -2.51. The Hall–Kier alpha value is -3.51. The van der Waals surface area contributed by atoms with Gasteiger partial charge in [0.25, 0.3) is 5.91 Å². The minimum absolute atomic E-state index is 0.149. The molecule has 2 unspecified atom stereocenters. The van der Waals surface area contributed by atoms with Crippen LogP contribution in [-0.2, 0) is 14.4 Å². The number of fused-ring (bicyclic) bond motifs is 1. The molecular weight excluding hydrogens is 585 g/mol. The Morgan fingerprint density at radius 3 is 2.72 bits per heavy atom. The smallest absolute Gasteiger partial charge is 0.405 e. The lowest BCUT2D eigenvalue weighted by Crippen LogP contribution is -2.71. The molecule has 3 atom stereocenters. The first-order valence-corrected chi connectivity index (χ1v) is 13.9. The molecule has 0 saturated carbocycles. The van der Waals surface area contributed by atoms with Crippen LogP contribution < -0.4 is 20.8 Å². The van der Waals surface area contributed by atoms with Gasteiger partial charge in [0, 0.05) is 27.5 Å². The summed E-state index contributed by atoms with van der Waals surface area (Å²) in [5, 5.41) is 32.4. The van der Waals surface area contributed by atoms with Crippen LogP contribution in [-0.4, -0.2) is 74.6 Å². The highest BCUT2D eigenvalue weighted by Crippen LogP contribution is 2.41. The first-order chi connectivity index (χ1) is 18.4. The van der Waals surface area contributed by atoms with Crippen LogP contribution in [0.4, 0.5) is 18.0 Å². The summed E-state index contributed by atoms with van der Waals surface area (Å²) in [4.78, 5) is 51.8. The van der Waals surface area contributed by atoms with E-state index in [1.807, 2.05) is 0 Å². The van der Waals surface area contributed by atoms with Crippen molar-refractivity contribution in [2.45, 2.75) is 28.7 Å². The highest BCUT2D eigenvalue weighted by atomic mass is 32.2. The van der Waals surface area contributed by atoms with Gasteiger partial charge in [0.05, 0.1) is 0 Å². The van der Waals surface area contributed by atoms with E-state index in [0.29, 0.717) is 20.3 Å². The quantitative estimate of drug-likeness (QED) is 0.142. The molecule has 4 rings (SSSR count). The normalized spacial score (nSPS) is 19.6. The second-order valence-corrected chi connectivity index (χ2v) is 11.2. The van der Waals surface area contributed by atoms with Gasteiger partial charge in [-0.05, 0) is 23.1 Å². The monoisotopic (exact) mass is 604 g/mol. The van der Waals surface area contributed by atoms with E-state index < -0.39 is 54.0 Å². The van der Waals surface area contributed by atoms with Crippen molar-refractivity contribution in [1.29, 1.82) is 0 Å². The van der Waals surface area contributed by atoms with Crippen molar-refractivity contribution in [3.63, 3.8) is 0 Å². The predicted octanol–water partition coefficient (Wildman–Crippen LogP) is 1.21. The molecule has 1 fully saturated rings. The van der Waals surface area contributed by atoms with E-state index >= 15 is 0 Å². The molecule has 39 heavy (non-hydrogen) atoms. The molecule has 12 nitrogen and oxygen atoms in total. The summed E-state index contributed by atoms with van der Waals surface area (Å²) < 4.78 is 37.4. The Morgan fingerprint density at radius 2 is 2.08 bits per heavy atom. The van der Waals surface area contributed by atoms with Crippen molar-refractivity contribution in [3.05, 3.63) is 57.2 Å². The molecule has 4 N–H and O–H groups in total. The third-order valence-electron chi connectivity index (χ3n) is 5.41. The fraction of sp³-hybridized carbons (Fsp3) is 0.333. The largest absolute Gasteiger partial charge is 0.594 e. The molecule has 4 amide bonds. The molecule has 0 bridgehead atoms. The number of amides is 4. The van der Waals surface area contributed by atoms with Gasteiger partial charge in [0.2, 0.25) is 12.1 Å². The fourth-order valence-corrected chi connectivity index (χ4v) is 6.84. The first kappa shape index (κ1) is 28.5. The Labute approximate surface area is 230 Å². The van der Waals surface area contributed by atoms with E-state index in [1.165, 1.54) is 30.1 Å². The van der Waals surface area contributed by atoms with E-state index in [2.05, 4.69) is 15.7 Å². The lowest BCUT2D eigenvalue weighted by atomic mass is 10.0. The minimum atomic E-state index is -4.65. The lowest BCUT2D eigenvalue weighted by Gasteiger charge is -2.49. The van der Waals surface area contributed by atoms with Gasteiger partial charge in [-0.15, -0.1) is 23.1 Å². The van der Waals surface area contributed by atoms with Crippen molar-refractivity contribution >= 4 is 58.7 Å². The van der Waals surface area contributed by atoms with Crippen molar-refractivity contribution in [1.82, 2.24) is 25.9 Å². The molecule has 0 aliphatic carbocycles. The third-order valence-corrected chi connectivity index (χ3v) is 8.69. The summed E-state index contributed by atoms with van der Waals surface area (Å²) in [5.41, 5.74) is 0.196. The maximum absolute atomic E-state index is 13.1. The Morgan fingerprint density at radius 1 is 1.31 bits per heavy atom. The summed E-state index contributed by atoms with van der Waals surface area (Å²) in [6, 6.07) is 2.40. The molecule has 0 spiro atoms. The lowest BCUT2D eigenvalue weighted by molar-refractivity contribution is -0.672. The Kier molecular flexibility index (Phi) is 8.55. The van der Waals surface area contributed by atoms with E-state index in [-0.39, 0.29) is 17.2 Å². The molecule has 2 aliphatic heterocycles. The van der Waals surface area contributed by atoms with Crippen LogP contribution >= 0.6 is 34.9 Å². The van der Waals surface area contributed by atoms with Crippen LogP contribution in [0.3, 0.4) is 0 Å². The number of halogens is 3. The van der Waals surface area contributed by atoms with Gasteiger partial charge in [-0.3, -0.25) is 14.5 Å². The number of nitrogens with one attached hydrogen (secondary N) is 3. The number of carboxylic acids is 1. The van der Waals surface area contributed by atoms with Gasteiger partial charge >= 0.3 is 18.2 Å². The van der Waals surface area contributed by atoms with E-state index in [9.17, 15) is 42.7 Å². The highest BCUT2D eigenvalue weighted by molar-refractivity contribution is 8.01. The number of nitrogens with zero attached hydrogens (tertiary/aromatic N) is 3. The number of carboxylic acid groups (broad SMARTS) is 1. The summed E-state index contributed by atoms with van der Waals surface area (Å²) in [6.07, 6.45) is -3.45. The van der Waals surface area contributed by atoms with Crippen LogP contribution in [0, 0.1) is 5.21 Å². The van der Waals surface area contributed by atoms with E-state index in [4.69, 9.17) is 0 Å². The molecular formula is C21H19F3N6O6S3. The van der Waals surface area contributed by atoms with Gasteiger partial charge in [0.1, 0.15) is 29.7 Å². The molecule has 2 aromatic rings. The SMILES string of the molecule is O=C(NCC(F)(F)F)NC(C(=O)N[C@H]1C(=O)N2C(C(=O)O)=C(CSc3ccc[n+]([O-])n3)CSC12)c1cccs1. The molecule has 4 heterocycles. The molecule has 2 aliphatic rings. The molecule has 0 radical (unpaired) electrons. The van der Waals surface area contributed by atoms with Crippen molar-refractivity contribution in [2.75, 3.05) is 18.1 Å². The Balaban J connectivity index is 1.44. The fourth-order valence-electron chi connectivity index (χ4n) is 3.72. The summed E-state index contributed by atoms with van der Waals surface area (Å²) in [6.45, 7) is -1.60. The number of thioether (sulfide) groups is 2. The summed E-state index contributed by atoms with van der Waals surface area (Å²) >= 11 is 3.41. The number of alkyl halides is 3. The number of aromatic nitrogens is 2.